The van der Waals surface area contributed by atoms with Gasteiger partial charge in [-0.2, -0.15) is 0 Å². The molecule has 0 saturated carbocycles. The number of nitrogens with one attached hydrogen (secondary N) is 2. The summed E-state index contributed by atoms with van der Waals surface area (Å²) >= 11 is 3.82. The molecule has 2 aromatic rings. The normalized spacial score (nSPS) is 24.0. The second-order valence-electron chi connectivity index (χ2n) is 4.36. The van der Waals surface area contributed by atoms with Gasteiger partial charge in [0.1, 0.15) is 10.7 Å². The Labute approximate surface area is 115 Å². The Balaban J connectivity index is 1.56. The van der Waals surface area contributed by atoms with Crippen molar-refractivity contribution in [1.29, 1.82) is 0 Å². The molecule has 0 aliphatic carbocycles. The number of benzene rings is 2. The molecule has 2 nitrogen and oxygen atoms in total. The summed E-state index contributed by atoms with van der Waals surface area (Å²) < 4.78 is 0. The SMILES string of the molecule is c1ccc2c(c1)N[C@H]([C@H]1Nc3ccccc3S1)S2. The van der Waals surface area contributed by atoms with Crippen LogP contribution in [0.25, 0.3) is 0 Å². The van der Waals surface area contributed by atoms with Crippen molar-refractivity contribution in [2.45, 2.75) is 20.5 Å². The molecule has 0 aromatic heterocycles. The maximum Gasteiger partial charge on any atom is 0.107 e. The zero-order valence-corrected chi connectivity index (χ0v) is 11.2. The first kappa shape index (κ1) is 10.6. The number of hydrogen-bond acceptors (Lipinski definition) is 4. The molecule has 2 N–H and O–H groups in total. The van der Waals surface area contributed by atoms with Gasteiger partial charge in [-0.15, -0.1) is 0 Å². The van der Waals surface area contributed by atoms with Gasteiger partial charge in [0.25, 0.3) is 0 Å². The number of rotatable bonds is 1. The summed E-state index contributed by atoms with van der Waals surface area (Å²) in [5.41, 5.74) is 2.51. The Morgan fingerprint density at radius 3 is 1.56 bits per heavy atom. The third-order valence-electron chi connectivity index (χ3n) is 3.15. The van der Waals surface area contributed by atoms with E-state index in [-0.39, 0.29) is 0 Å². The van der Waals surface area contributed by atoms with E-state index in [1.165, 1.54) is 21.2 Å². The predicted octanol–water partition coefficient (Wildman–Crippen LogP) is 4.07. The van der Waals surface area contributed by atoms with Gasteiger partial charge in [0.15, 0.2) is 0 Å². The van der Waals surface area contributed by atoms with E-state index in [4.69, 9.17) is 0 Å². The molecule has 2 aliphatic heterocycles. The summed E-state index contributed by atoms with van der Waals surface area (Å²) in [6.45, 7) is 0. The van der Waals surface area contributed by atoms with E-state index in [2.05, 4.69) is 59.2 Å². The maximum atomic E-state index is 3.59. The fraction of sp³-hybridized carbons (Fsp3) is 0.143. The molecule has 90 valence electrons. The Morgan fingerprint density at radius 2 is 1.11 bits per heavy atom. The second-order valence-corrected chi connectivity index (χ2v) is 6.72. The molecule has 0 saturated heterocycles. The Kier molecular flexibility index (Phi) is 2.45. The van der Waals surface area contributed by atoms with Gasteiger partial charge in [0.2, 0.25) is 0 Å². The smallest absolute Gasteiger partial charge is 0.107 e. The summed E-state index contributed by atoms with van der Waals surface area (Å²) in [5.74, 6) is 0. The van der Waals surface area contributed by atoms with E-state index in [1.807, 2.05) is 23.5 Å². The van der Waals surface area contributed by atoms with Crippen molar-refractivity contribution >= 4 is 34.9 Å². The van der Waals surface area contributed by atoms with Gasteiger partial charge in [0.05, 0.1) is 0 Å². The third kappa shape index (κ3) is 1.68. The van der Waals surface area contributed by atoms with Crippen molar-refractivity contribution in [3.8, 4) is 0 Å². The lowest BCUT2D eigenvalue weighted by Gasteiger charge is -2.18. The van der Waals surface area contributed by atoms with Crippen LogP contribution in [0.4, 0.5) is 11.4 Å². The highest BCUT2D eigenvalue weighted by Gasteiger charge is 2.33. The molecular weight excluding hydrogens is 260 g/mol. The van der Waals surface area contributed by atoms with Crippen LogP contribution < -0.4 is 10.6 Å². The minimum Gasteiger partial charge on any atom is -0.370 e. The number of fused-ring (bicyclic) bond motifs is 2. The molecule has 0 radical (unpaired) electrons. The topological polar surface area (TPSA) is 24.1 Å². The third-order valence-corrected chi connectivity index (χ3v) is 5.83. The van der Waals surface area contributed by atoms with Crippen LogP contribution in [0, 0.1) is 0 Å². The molecule has 2 atom stereocenters. The quantitative estimate of drug-likeness (QED) is 0.817. The van der Waals surface area contributed by atoms with Crippen LogP contribution >= 0.6 is 23.5 Å². The van der Waals surface area contributed by atoms with Gasteiger partial charge >= 0.3 is 0 Å². The first-order valence-electron chi connectivity index (χ1n) is 5.95. The number of thioether (sulfide) groups is 2. The lowest BCUT2D eigenvalue weighted by atomic mass is 10.3. The molecule has 0 fully saturated rings. The zero-order valence-electron chi connectivity index (χ0n) is 9.59. The Morgan fingerprint density at radius 1 is 0.667 bits per heavy atom. The van der Waals surface area contributed by atoms with Crippen LogP contribution in [-0.2, 0) is 0 Å². The molecule has 2 aliphatic rings. The number of para-hydroxylation sites is 2. The van der Waals surface area contributed by atoms with Crippen LogP contribution in [-0.4, -0.2) is 10.7 Å². The monoisotopic (exact) mass is 272 g/mol. The highest BCUT2D eigenvalue weighted by Crippen LogP contribution is 2.47. The number of hydrogen-bond donors (Lipinski definition) is 2. The Hall–Kier alpha value is -1.26. The molecule has 2 aromatic carbocycles. The molecular formula is C14H12N2S2. The van der Waals surface area contributed by atoms with Gasteiger partial charge in [-0.25, -0.2) is 0 Å². The molecule has 0 unspecified atom stereocenters. The van der Waals surface area contributed by atoms with E-state index in [0.717, 1.165) is 0 Å². The van der Waals surface area contributed by atoms with Crippen LogP contribution in [0.1, 0.15) is 0 Å². The molecule has 18 heavy (non-hydrogen) atoms. The first-order chi connectivity index (χ1) is 8.90. The summed E-state index contributed by atoms with van der Waals surface area (Å²) in [6.07, 6.45) is 0. The molecule has 2 heterocycles. The van der Waals surface area contributed by atoms with E-state index >= 15 is 0 Å². The maximum absolute atomic E-state index is 3.59. The second kappa shape index (κ2) is 4.14. The highest BCUT2D eigenvalue weighted by atomic mass is 32.2. The van der Waals surface area contributed by atoms with Gasteiger partial charge in [0, 0.05) is 21.2 Å². The summed E-state index contributed by atoms with van der Waals surface area (Å²) in [4.78, 5) is 2.70. The number of anilines is 2. The van der Waals surface area contributed by atoms with Crippen molar-refractivity contribution in [2.75, 3.05) is 10.6 Å². The molecule has 0 bridgehead atoms. The van der Waals surface area contributed by atoms with Crippen molar-refractivity contribution < 1.29 is 0 Å². The van der Waals surface area contributed by atoms with E-state index in [9.17, 15) is 0 Å². The fourth-order valence-electron chi connectivity index (χ4n) is 2.29. The van der Waals surface area contributed by atoms with Gasteiger partial charge in [-0.3, -0.25) is 0 Å². The average molecular weight is 272 g/mol. The van der Waals surface area contributed by atoms with Crippen molar-refractivity contribution in [3.63, 3.8) is 0 Å². The first-order valence-corrected chi connectivity index (χ1v) is 7.70. The van der Waals surface area contributed by atoms with Gasteiger partial charge < -0.3 is 10.6 Å². The van der Waals surface area contributed by atoms with Crippen molar-refractivity contribution in [2.24, 2.45) is 0 Å². The van der Waals surface area contributed by atoms with Crippen molar-refractivity contribution in [3.05, 3.63) is 48.5 Å². The minimum absolute atomic E-state index is 0.389. The van der Waals surface area contributed by atoms with E-state index in [1.54, 1.807) is 0 Å². The summed E-state index contributed by atoms with van der Waals surface area (Å²) in [7, 11) is 0. The van der Waals surface area contributed by atoms with E-state index < -0.39 is 0 Å². The van der Waals surface area contributed by atoms with E-state index in [0.29, 0.717) is 10.7 Å². The Bertz CT molecular complexity index is 496. The summed E-state index contributed by atoms with van der Waals surface area (Å²) in [6, 6.07) is 17.0. The summed E-state index contributed by atoms with van der Waals surface area (Å²) in [5, 5.41) is 7.96. The lowest BCUT2D eigenvalue weighted by molar-refractivity contribution is 0.978. The fourth-order valence-corrected chi connectivity index (χ4v) is 4.75. The van der Waals surface area contributed by atoms with Crippen LogP contribution in [0.5, 0.6) is 0 Å². The van der Waals surface area contributed by atoms with Crippen LogP contribution in [0.2, 0.25) is 0 Å². The molecule has 0 amide bonds. The van der Waals surface area contributed by atoms with Crippen LogP contribution in [0.15, 0.2) is 58.3 Å². The molecule has 4 rings (SSSR count). The highest BCUT2D eigenvalue weighted by molar-refractivity contribution is 8.04. The predicted molar refractivity (Wildman–Crippen MR) is 79.4 cm³/mol. The average Bonchev–Trinajstić information content (AvgIpc) is 3.02. The standard InChI is InChI=1S/C14H12N2S2/c1-3-7-11-9(5-1)15-13(17-11)14-16-10-6-2-4-8-12(10)18-14/h1-8,13-16H/t13-,14-/m0/s1. The van der Waals surface area contributed by atoms with Crippen LogP contribution in [0.3, 0.4) is 0 Å². The largest absolute Gasteiger partial charge is 0.370 e. The van der Waals surface area contributed by atoms with Gasteiger partial charge in [-0.1, -0.05) is 47.8 Å². The molecule has 0 spiro atoms. The van der Waals surface area contributed by atoms with Gasteiger partial charge in [-0.05, 0) is 24.3 Å². The minimum atomic E-state index is 0.389. The molecule has 4 heteroatoms. The zero-order chi connectivity index (χ0) is 11.9. The lowest BCUT2D eigenvalue weighted by Crippen LogP contribution is -2.29. The van der Waals surface area contributed by atoms with Crippen molar-refractivity contribution in [1.82, 2.24) is 0 Å².